The van der Waals surface area contributed by atoms with Crippen LogP contribution < -0.4 is 9.47 Å². The van der Waals surface area contributed by atoms with Crippen LogP contribution in [0.3, 0.4) is 0 Å². The summed E-state index contributed by atoms with van der Waals surface area (Å²) in [6.45, 7) is 1.92. The van der Waals surface area contributed by atoms with Gasteiger partial charge in [-0.1, -0.05) is 15.9 Å². The minimum absolute atomic E-state index is 0.162. The van der Waals surface area contributed by atoms with Crippen molar-refractivity contribution in [3.63, 3.8) is 0 Å². The fraction of sp³-hybridized carbons (Fsp3) is 0.571. The zero-order chi connectivity index (χ0) is 13.2. The van der Waals surface area contributed by atoms with Crippen LogP contribution in [0, 0.1) is 0 Å². The van der Waals surface area contributed by atoms with Gasteiger partial charge in [0.1, 0.15) is 13.2 Å². The van der Waals surface area contributed by atoms with Gasteiger partial charge in [-0.2, -0.15) is 0 Å². The first kappa shape index (κ1) is 13.2. The van der Waals surface area contributed by atoms with E-state index in [1.54, 1.807) is 0 Å². The second-order valence-electron chi connectivity index (χ2n) is 4.90. The van der Waals surface area contributed by atoms with Gasteiger partial charge in [0.05, 0.1) is 12.2 Å². The van der Waals surface area contributed by atoms with E-state index in [2.05, 4.69) is 15.9 Å². The summed E-state index contributed by atoms with van der Waals surface area (Å²) in [5.41, 5.74) is 0.833. The molecule has 0 amide bonds. The van der Waals surface area contributed by atoms with Gasteiger partial charge in [0, 0.05) is 17.5 Å². The lowest BCUT2D eigenvalue weighted by atomic mass is 10.0. The highest BCUT2D eigenvalue weighted by molar-refractivity contribution is 9.10. The third-order valence-corrected chi connectivity index (χ3v) is 4.22. The maximum Gasteiger partial charge on any atom is 0.162 e. The molecule has 2 atom stereocenters. The predicted molar refractivity (Wildman–Crippen MR) is 73.7 cm³/mol. The van der Waals surface area contributed by atoms with E-state index in [1.165, 1.54) is 0 Å². The van der Waals surface area contributed by atoms with E-state index in [0.29, 0.717) is 25.4 Å². The Kier molecular flexibility index (Phi) is 3.96. The van der Waals surface area contributed by atoms with Gasteiger partial charge >= 0.3 is 0 Å². The molecule has 2 unspecified atom stereocenters. The zero-order valence-corrected chi connectivity index (χ0v) is 12.2. The molecule has 1 aromatic carbocycles. The highest BCUT2D eigenvalue weighted by atomic mass is 79.9. The van der Waals surface area contributed by atoms with Crippen LogP contribution in [-0.4, -0.2) is 31.0 Å². The number of fused-ring (bicyclic) bond motifs is 1. The van der Waals surface area contributed by atoms with Gasteiger partial charge in [-0.25, -0.2) is 0 Å². The number of aliphatic hydroxyl groups excluding tert-OH is 1. The van der Waals surface area contributed by atoms with Crippen LogP contribution in [0.5, 0.6) is 11.5 Å². The molecule has 0 bridgehead atoms. The second kappa shape index (κ2) is 5.69. The van der Waals surface area contributed by atoms with Crippen LogP contribution in [0.2, 0.25) is 0 Å². The Labute approximate surface area is 120 Å². The molecular formula is C14H17BrO4. The molecule has 3 rings (SSSR count). The van der Waals surface area contributed by atoms with Crippen molar-refractivity contribution in [1.82, 2.24) is 0 Å². The highest BCUT2D eigenvalue weighted by Gasteiger charge is 2.24. The number of aliphatic hydroxyl groups is 1. The summed E-state index contributed by atoms with van der Waals surface area (Å²) in [6.07, 6.45) is 2.35. The topological polar surface area (TPSA) is 47.9 Å². The molecule has 2 aliphatic rings. The van der Waals surface area contributed by atoms with Crippen molar-refractivity contribution in [2.24, 2.45) is 0 Å². The molecule has 0 saturated carbocycles. The molecule has 2 heterocycles. The number of rotatable bonds is 3. The standard InChI is InChI=1S/C14H17BrO4/c15-11-8-14-13(18-4-5-19-14)7-10(11)12(16)6-9-2-1-3-17-9/h7-9,12,16H,1-6H2. The Bertz CT molecular complexity index is 457. The lowest BCUT2D eigenvalue weighted by molar-refractivity contribution is 0.0530. The van der Waals surface area contributed by atoms with Crippen molar-refractivity contribution in [3.8, 4) is 11.5 Å². The molecule has 1 N–H and O–H groups in total. The second-order valence-corrected chi connectivity index (χ2v) is 5.76. The minimum atomic E-state index is -0.548. The Hall–Kier alpha value is -0.780. The maximum atomic E-state index is 10.4. The van der Waals surface area contributed by atoms with Crippen molar-refractivity contribution in [1.29, 1.82) is 0 Å². The maximum absolute atomic E-state index is 10.4. The molecule has 0 radical (unpaired) electrons. The third kappa shape index (κ3) is 2.88. The first-order valence-electron chi connectivity index (χ1n) is 6.63. The molecule has 104 valence electrons. The number of hydrogen-bond acceptors (Lipinski definition) is 4. The van der Waals surface area contributed by atoms with E-state index in [9.17, 15) is 5.11 Å². The molecular weight excluding hydrogens is 312 g/mol. The molecule has 0 aliphatic carbocycles. The van der Waals surface area contributed by atoms with Crippen LogP contribution in [-0.2, 0) is 4.74 Å². The van der Waals surface area contributed by atoms with Gasteiger partial charge < -0.3 is 19.3 Å². The molecule has 1 fully saturated rings. The Morgan fingerprint density at radius 3 is 2.63 bits per heavy atom. The van der Waals surface area contributed by atoms with Crippen LogP contribution in [0.25, 0.3) is 0 Å². The normalized spacial score (nSPS) is 23.4. The molecule has 1 saturated heterocycles. The fourth-order valence-electron chi connectivity index (χ4n) is 2.54. The smallest absolute Gasteiger partial charge is 0.162 e. The van der Waals surface area contributed by atoms with E-state index in [4.69, 9.17) is 14.2 Å². The van der Waals surface area contributed by atoms with Gasteiger partial charge in [0.15, 0.2) is 11.5 Å². The van der Waals surface area contributed by atoms with Gasteiger partial charge in [-0.05, 0) is 30.5 Å². The third-order valence-electron chi connectivity index (χ3n) is 3.53. The lowest BCUT2D eigenvalue weighted by Crippen LogP contribution is -2.16. The quantitative estimate of drug-likeness (QED) is 0.926. The van der Waals surface area contributed by atoms with E-state index >= 15 is 0 Å². The van der Waals surface area contributed by atoms with Crippen molar-refractivity contribution < 1.29 is 19.3 Å². The van der Waals surface area contributed by atoms with E-state index < -0.39 is 6.10 Å². The molecule has 19 heavy (non-hydrogen) atoms. The van der Waals surface area contributed by atoms with Crippen molar-refractivity contribution >= 4 is 15.9 Å². The summed E-state index contributed by atoms with van der Waals surface area (Å²) in [7, 11) is 0. The average molecular weight is 329 g/mol. The van der Waals surface area contributed by atoms with Crippen molar-refractivity contribution in [2.45, 2.75) is 31.5 Å². The zero-order valence-electron chi connectivity index (χ0n) is 10.6. The molecule has 5 heteroatoms. The summed E-state index contributed by atoms with van der Waals surface area (Å²) in [4.78, 5) is 0. The van der Waals surface area contributed by atoms with Crippen LogP contribution >= 0.6 is 15.9 Å². The molecule has 0 aromatic heterocycles. The monoisotopic (exact) mass is 328 g/mol. The molecule has 1 aromatic rings. The number of halogens is 1. The van der Waals surface area contributed by atoms with E-state index in [1.807, 2.05) is 12.1 Å². The van der Waals surface area contributed by atoms with E-state index in [-0.39, 0.29) is 6.10 Å². The number of ether oxygens (including phenoxy) is 3. The van der Waals surface area contributed by atoms with Crippen molar-refractivity contribution in [2.75, 3.05) is 19.8 Å². The summed E-state index contributed by atoms with van der Waals surface area (Å²) in [5, 5.41) is 10.4. The lowest BCUT2D eigenvalue weighted by Gasteiger charge is -2.22. The van der Waals surface area contributed by atoms with Crippen LogP contribution in [0.1, 0.15) is 30.9 Å². The Balaban J connectivity index is 1.78. The predicted octanol–water partition coefficient (Wildman–Crippen LogP) is 2.82. The molecule has 4 nitrogen and oxygen atoms in total. The highest BCUT2D eigenvalue weighted by Crippen LogP contribution is 2.39. The fourth-order valence-corrected chi connectivity index (χ4v) is 3.13. The van der Waals surface area contributed by atoms with E-state index in [0.717, 1.165) is 35.2 Å². The molecule has 0 spiro atoms. The van der Waals surface area contributed by atoms with Gasteiger partial charge in [-0.3, -0.25) is 0 Å². The Morgan fingerprint density at radius 2 is 1.95 bits per heavy atom. The van der Waals surface area contributed by atoms with Crippen molar-refractivity contribution in [3.05, 3.63) is 22.2 Å². The average Bonchev–Trinajstić information content (AvgIpc) is 2.90. The first-order chi connectivity index (χ1) is 9.24. The summed E-state index contributed by atoms with van der Waals surface area (Å²) in [6, 6.07) is 3.72. The minimum Gasteiger partial charge on any atom is -0.486 e. The summed E-state index contributed by atoms with van der Waals surface area (Å²) >= 11 is 3.49. The first-order valence-corrected chi connectivity index (χ1v) is 7.42. The SMILES string of the molecule is OC(CC1CCCO1)c1cc2c(cc1Br)OCCO2. The largest absolute Gasteiger partial charge is 0.486 e. The van der Waals surface area contributed by atoms with Gasteiger partial charge in [-0.15, -0.1) is 0 Å². The van der Waals surface area contributed by atoms with Crippen LogP contribution in [0.15, 0.2) is 16.6 Å². The van der Waals surface area contributed by atoms with Gasteiger partial charge in [0.25, 0.3) is 0 Å². The molecule has 2 aliphatic heterocycles. The Morgan fingerprint density at radius 1 is 1.21 bits per heavy atom. The number of hydrogen-bond donors (Lipinski definition) is 1. The summed E-state index contributed by atoms with van der Waals surface area (Å²) < 4.78 is 17.5. The number of benzene rings is 1. The summed E-state index contributed by atoms with van der Waals surface area (Å²) in [5.74, 6) is 1.43. The van der Waals surface area contributed by atoms with Crippen LogP contribution in [0.4, 0.5) is 0 Å². The van der Waals surface area contributed by atoms with Gasteiger partial charge in [0.2, 0.25) is 0 Å².